The molecule has 0 unspecified atom stereocenters. The Kier molecular flexibility index (Phi) is 20.1. The van der Waals surface area contributed by atoms with Crippen molar-refractivity contribution in [2.75, 3.05) is 6.61 Å². The van der Waals surface area contributed by atoms with Crippen molar-refractivity contribution >= 4 is 17.5 Å². The van der Waals surface area contributed by atoms with Crippen LogP contribution in [0.1, 0.15) is 125 Å². The van der Waals surface area contributed by atoms with Crippen molar-refractivity contribution in [2.45, 2.75) is 123 Å². The number of carbonyl (C=O) groups excluding carboxylic acids is 1. The van der Waals surface area contributed by atoms with E-state index in [-0.39, 0.29) is 29.9 Å². The van der Waals surface area contributed by atoms with Crippen molar-refractivity contribution in [1.82, 2.24) is 4.90 Å². The average molecular weight is 733 g/mol. The maximum Gasteiger partial charge on any atom is 0.254 e. The van der Waals surface area contributed by atoms with Gasteiger partial charge in [-0.3, -0.25) is 4.79 Å². The predicted octanol–water partition coefficient (Wildman–Crippen LogP) is 7.35. The lowest BCUT2D eigenvalue weighted by Gasteiger charge is -2.23. The van der Waals surface area contributed by atoms with Crippen LogP contribution in [-0.2, 0) is 19.6 Å². The topological polar surface area (TPSA) is 33.4 Å². The molecule has 4 nitrogen and oxygen atoms in total. The number of amides is 1. The van der Waals surface area contributed by atoms with Crippen LogP contribution in [0.5, 0.6) is 5.75 Å². The zero-order chi connectivity index (χ0) is 30.5. The molecule has 1 heterocycles. The Labute approximate surface area is 289 Å². The van der Waals surface area contributed by atoms with Gasteiger partial charge in [-0.15, -0.1) is 0 Å². The lowest BCUT2D eigenvalue weighted by atomic mass is 10.0. The fourth-order valence-electron chi connectivity index (χ4n) is 5.45. The van der Waals surface area contributed by atoms with Crippen molar-refractivity contribution in [3.05, 3.63) is 94.8 Å². The van der Waals surface area contributed by atoms with E-state index in [1.165, 1.54) is 83.5 Å². The van der Waals surface area contributed by atoms with Gasteiger partial charge in [0, 0.05) is 30.8 Å². The molecule has 0 bridgehead atoms. The van der Waals surface area contributed by atoms with Crippen LogP contribution in [0.15, 0.2) is 73.1 Å². The van der Waals surface area contributed by atoms with Crippen LogP contribution in [-0.4, -0.2) is 17.4 Å². The Morgan fingerprint density at radius 3 is 1.80 bits per heavy atom. The summed E-state index contributed by atoms with van der Waals surface area (Å²) in [6.07, 6.45) is 22.9. The standard InChI is InChI=1S/C38H54ClN2O2.HI/c1-3-5-6-7-8-9-10-11-12-13-14-15-16-20-29-43-37-24-23-34(30-36(37)39)32-41(38(42)35-21-18-17-19-22-35)31-33-25-27-40(4-2)28-26-33;/h17-19,21-28,30H,3-16,20,29,31-32H2,1-2H3;1H/q+1;/p-1. The lowest BCUT2D eigenvalue weighted by Crippen LogP contribution is -3.00. The first kappa shape index (κ1) is 38.1. The average Bonchev–Trinajstić information content (AvgIpc) is 3.04. The third kappa shape index (κ3) is 14.8. The molecule has 3 rings (SSSR count). The Hall–Kier alpha value is -2.12. The fraction of sp³-hybridized carbons (Fsp3) is 0.526. The summed E-state index contributed by atoms with van der Waals surface area (Å²) in [5, 5.41) is 0.596. The number of aryl methyl sites for hydroxylation is 1. The molecular formula is C38H54ClIN2O2. The van der Waals surface area contributed by atoms with E-state index in [2.05, 4.69) is 42.9 Å². The number of carbonyl (C=O) groups is 1. The van der Waals surface area contributed by atoms with Crippen LogP contribution in [0.25, 0.3) is 0 Å². The maximum atomic E-state index is 13.5. The zero-order valence-corrected chi connectivity index (χ0v) is 30.0. The van der Waals surface area contributed by atoms with Gasteiger partial charge in [0.25, 0.3) is 5.91 Å². The number of rotatable bonds is 22. The van der Waals surface area contributed by atoms with Gasteiger partial charge in [0.2, 0.25) is 0 Å². The molecule has 0 N–H and O–H groups in total. The first-order valence-corrected chi connectivity index (χ1v) is 17.2. The second-order valence-electron chi connectivity index (χ2n) is 11.8. The zero-order valence-electron chi connectivity index (χ0n) is 27.1. The SMILES string of the molecule is CCCCCCCCCCCCCCCCOc1ccc(CN(Cc2cc[n+](CC)cc2)C(=O)c2ccccc2)cc1Cl.[I-]. The summed E-state index contributed by atoms with van der Waals surface area (Å²) in [6.45, 7) is 6.98. The van der Waals surface area contributed by atoms with E-state index in [9.17, 15) is 4.79 Å². The number of hydrogen-bond acceptors (Lipinski definition) is 2. The third-order valence-electron chi connectivity index (χ3n) is 8.13. The van der Waals surface area contributed by atoms with Crippen LogP contribution in [0.3, 0.4) is 0 Å². The Balaban J connectivity index is 0.00000675. The quantitative estimate of drug-likeness (QED) is 0.0615. The van der Waals surface area contributed by atoms with Crippen LogP contribution >= 0.6 is 11.6 Å². The number of hydrogen-bond donors (Lipinski definition) is 0. The van der Waals surface area contributed by atoms with Crippen LogP contribution in [0.4, 0.5) is 0 Å². The van der Waals surface area contributed by atoms with Gasteiger partial charge < -0.3 is 33.6 Å². The molecule has 3 aromatic rings. The van der Waals surface area contributed by atoms with E-state index < -0.39 is 0 Å². The molecular weight excluding hydrogens is 679 g/mol. The van der Waals surface area contributed by atoms with Gasteiger partial charge in [-0.2, -0.15) is 0 Å². The minimum absolute atomic E-state index is 0. The molecule has 44 heavy (non-hydrogen) atoms. The number of aromatic nitrogens is 1. The second kappa shape index (κ2) is 23.3. The molecule has 0 aliphatic rings. The minimum atomic E-state index is 0. The van der Waals surface area contributed by atoms with Gasteiger partial charge in [-0.05, 0) is 48.7 Å². The van der Waals surface area contributed by atoms with E-state index in [1.807, 2.05) is 53.4 Å². The highest BCUT2D eigenvalue weighted by molar-refractivity contribution is 6.32. The van der Waals surface area contributed by atoms with Crippen molar-refractivity contribution in [3.63, 3.8) is 0 Å². The highest BCUT2D eigenvalue weighted by Gasteiger charge is 2.18. The molecule has 0 aliphatic heterocycles. The molecule has 0 saturated carbocycles. The van der Waals surface area contributed by atoms with E-state index in [0.717, 1.165) is 24.1 Å². The lowest BCUT2D eigenvalue weighted by molar-refractivity contribution is -0.693. The molecule has 242 valence electrons. The minimum Gasteiger partial charge on any atom is -1.00 e. The van der Waals surface area contributed by atoms with Gasteiger partial charge in [0.15, 0.2) is 12.4 Å². The van der Waals surface area contributed by atoms with Crippen molar-refractivity contribution < 1.29 is 38.1 Å². The Bertz CT molecular complexity index is 1170. The fourth-order valence-corrected chi connectivity index (χ4v) is 5.70. The molecule has 0 radical (unpaired) electrons. The molecule has 1 aromatic heterocycles. The number of halogens is 2. The largest absolute Gasteiger partial charge is 1.00 e. The van der Waals surface area contributed by atoms with Crippen molar-refractivity contribution in [3.8, 4) is 5.75 Å². The van der Waals surface area contributed by atoms with Crippen molar-refractivity contribution in [1.29, 1.82) is 0 Å². The molecule has 2 aromatic carbocycles. The molecule has 1 amide bonds. The summed E-state index contributed by atoms with van der Waals surface area (Å²) in [5.74, 6) is 0.718. The van der Waals surface area contributed by atoms with E-state index in [4.69, 9.17) is 16.3 Å². The monoisotopic (exact) mass is 732 g/mol. The van der Waals surface area contributed by atoms with Crippen LogP contribution in [0.2, 0.25) is 5.02 Å². The number of pyridine rings is 1. The van der Waals surface area contributed by atoms with Gasteiger partial charge in [-0.25, -0.2) is 4.57 Å². The molecule has 0 spiro atoms. The number of benzene rings is 2. The summed E-state index contributed by atoms with van der Waals surface area (Å²) in [7, 11) is 0. The summed E-state index contributed by atoms with van der Waals surface area (Å²) in [5.41, 5.74) is 2.76. The Morgan fingerprint density at radius 1 is 0.705 bits per heavy atom. The summed E-state index contributed by atoms with van der Waals surface area (Å²) in [4.78, 5) is 15.3. The van der Waals surface area contributed by atoms with Crippen LogP contribution in [0, 0.1) is 0 Å². The van der Waals surface area contributed by atoms with E-state index in [0.29, 0.717) is 36.0 Å². The molecule has 0 atom stereocenters. The van der Waals surface area contributed by atoms with Crippen molar-refractivity contribution in [2.24, 2.45) is 0 Å². The maximum absolute atomic E-state index is 13.5. The third-order valence-corrected chi connectivity index (χ3v) is 8.43. The number of ether oxygens (including phenoxy) is 1. The Morgan fingerprint density at radius 2 is 1.25 bits per heavy atom. The van der Waals surface area contributed by atoms with E-state index >= 15 is 0 Å². The highest BCUT2D eigenvalue weighted by atomic mass is 127. The molecule has 0 fully saturated rings. The van der Waals surface area contributed by atoms with Gasteiger partial charge in [-0.1, -0.05) is 126 Å². The summed E-state index contributed by atoms with van der Waals surface area (Å²) in [6, 6.07) is 19.5. The normalized spacial score (nSPS) is 10.8. The first-order chi connectivity index (χ1) is 21.1. The predicted molar refractivity (Wildman–Crippen MR) is 180 cm³/mol. The smallest absolute Gasteiger partial charge is 0.254 e. The summed E-state index contributed by atoms with van der Waals surface area (Å²) < 4.78 is 8.14. The molecule has 0 aliphatic carbocycles. The summed E-state index contributed by atoms with van der Waals surface area (Å²) >= 11 is 6.64. The second-order valence-corrected chi connectivity index (χ2v) is 12.2. The van der Waals surface area contributed by atoms with Gasteiger partial charge >= 0.3 is 0 Å². The van der Waals surface area contributed by atoms with E-state index in [1.54, 1.807) is 0 Å². The highest BCUT2D eigenvalue weighted by Crippen LogP contribution is 2.27. The number of nitrogens with zero attached hydrogens (tertiary/aromatic N) is 2. The first-order valence-electron chi connectivity index (χ1n) is 16.8. The van der Waals surface area contributed by atoms with Gasteiger partial charge in [0.05, 0.1) is 11.6 Å². The van der Waals surface area contributed by atoms with Gasteiger partial charge in [0.1, 0.15) is 12.3 Å². The van der Waals surface area contributed by atoms with Crippen LogP contribution < -0.4 is 33.3 Å². The molecule has 0 saturated heterocycles. The molecule has 6 heteroatoms. The number of unbranched alkanes of at least 4 members (excludes halogenated alkanes) is 13.